The molecule has 0 aromatic rings. The second-order valence-electron chi connectivity index (χ2n) is 3.84. The maximum atomic E-state index is 11.7. The van der Waals surface area contributed by atoms with Crippen molar-refractivity contribution in [1.29, 1.82) is 0 Å². The van der Waals surface area contributed by atoms with Crippen molar-refractivity contribution >= 4 is 21.6 Å². The fraction of sp³-hybridized carbons (Fsp3) is 1.00. The molecule has 1 atom stereocenters. The van der Waals surface area contributed by atoms with Gasteiger partial charge < -0.3 is 0 Å². The molecule has 0 radical (unpaired) electrons. The van der Waals surface area contributed by atoms with Crippen LogP contribution in [0.2, 0.25) is 0 Å². The van der Waals surface area contributed by atoms with Gasteiger partial charge in [0.2, 0.25) is 10.0 Å². The van der Waals surface area contributed by atoms with Crippen molar-refractivity contribution in [2.45, 2.75) is 19.9 Å². The van der Waals surface area contributed by atoms with Gasteiger partial charge in [-0.25, -0.2) is 8.42 Å². The Morgan fingerprint density at radius 3 is 2.53 bits per heavy atom. The van der Waals surface area contributed by atoms with Crippen LogP contribution in [0.3, 0.4) is 0 Å². The van der Waals surface area contributed by atoms with E-state index in [1.165, 1.54) is 0 Å². The number of alkyl halides is 1. The fourth-order valence-corrected chi connectivity index (χ4v) is 3.75. The number of sulfonamides is 1. The highest BCUT2D eigenvalue weighted by Gasteiger charge is 2.29. The summed E-state index contributed by atoms with van der Waals surface area (Å²) in [6.45, 7) is 7.14. The molecule has 0 aromatic carbocycles. The summed E-state index contributed by atoms with van der Waals surface area (Å²) >= 11 is 5.48. The molecule has 15 heavy (non-hydrogen) atoms. The number of rotatable bonds is 4. The van der Waals surface area contributed by atoms with E-state index in [4.69, 9.17) is 11.6 Å². The van der Waals surface area contributed by atoms with Crippen molar-refractivity contribution in [3.05, 3.63) is 0 Å². The van der Waals surface area contributed by atoms with Gasteiger partial charge in [-0.1, -0.05) is 6.92 Å². The number of hydrogen-bond acceptors (Lipinski definition) is 3. The number of nitrogens with zero attached hydrogens (tertiary/aromatic N) is 2. The summed E-state index contributed by atoms with van der Waals surface area (Å²) in [7, 11) is -3.12. The zero-order valence-corrected chi connectivity index (χ0v) is 10.9. The van der Waals surface area contributed by atoms with Crippen LogP contribution >= 0.6 is 11.6 Å². The first kappa shape index (κ1) is 13.2. The molecule has 0 bridgehead atoms. The fourth-order valence-electron chi connectivity index (χ4n) is 1.91. The molecular formula is C9H19ClN2O2S. The molecule has 0 N–H and O–H groups in total. The van der Waals surface area contributed by atoms with E-state index in [0.717, 1.165) is 13.1 Å². The molecule has 1 aliphatic rings. The average Bonchev–Trinajstić information content (AvgIpc) is 2.17. The van der Waals surface area contributed by atoms with Gasteiger partial charge in [-0.05, 0) is 13.5 Å². The normalized spacial score (nSPS) is 25.7. The molecule has 4 nitrogen and oxygen atoms in total. The number of likely N-dealkylation sites (N-methyl/N-ethyl adjacent to an activating group) is 1. The Bertz CT molecular complexity index is 294. The lowest BCUT2D eigenvalue weighted by Gasteiger charge is -2.38. The van der Waals surface area contributed by atoms with Crippen molar-refractivity contribution in [3.8, 4) is 0 Å². The van der Waals surface area contributed by atoms with Gasteiger partial charge >= 0.3 is 0 Å². The zero-order valence-electron chi connectivity index (χ0n) is 9.32. The topological polar surface area (TPSA) is 40.6 Å². The van der Waals surface area contributed by atoms with Crippen molar-refractivity contribution in [2.75, 3.05) is 37.8 Å². The second-order valence-corrected chi connectivity index (χ2v) is 6.31. The monoisotopic (exact) mass is 254 g/mol. The van der Waals surface area contributed by atoms with Gasteiger partial charge in [0.15, 0.2) is 0 Å². The van der Waals surface area contributed by atoms with Crippen molar-refractivity contribution in [3.63, 3.8) is 0 Å². The van der Waals surface area contributed by atoms with E-state index < -0.39 is 10.0 Å². The molecule has 1 aliphatic heterocycles. The first-order valence-electron chi connectivity index (χ1n) is 5.29. The summed E-state index contributed by atoms with van der Waals surface area (Å²) in [5.41, 5.74) is 0. The summed E-state index contributed by atoms with van der Waals surface area (Å²) in [5, 5.41) is 0. The molecule has 0 aromatic heterocycles. The summed E-state index contributed by atoms with van der Waals surface area (Å²) in [6.07, 6.45) is 0. The smallest absolute Gasteiger partial charge is 0.215 e. The highest BCUT2D eigenvalue weighted by molar-refractivity contribution is 7.89. The van der Waals surface area contributed by atoms with Crippen LogP contribution in [0.15, 0.2) is 0 Å². The van der Waals surface area contributed by atoms with Crippen LogP contribution in [0.4, 0.5) is 0 Å². The summed E-state index contributed by atoms with van der Waals surface area (Å²) in [6, 6.07) is 0.300. The second kappa shape index (κ2) is 5.48. The number of piperazine rings is 1. The van der Waals surface area contributed by atoms with Gasteiger partial charge in [0.1, 0.15) is 0 Å². The SMILES string of the molecule is CCN1CCN(S(=O)(=O)CCCl)CC1C. The molecule has 0 aliphatic carbocycles. The lowest BCUT2D eigenvalue weighted by molar-refractivity contribution is 0.136. The highest BCUT2D eigenvalue weighted by Crippen LogP contribution is 2.13. The molecular weight excluding hydrogens is 236 g/mol. The Morgan fingerprint density at radius 2 is 2.07 bits per heavy atom. The van der Waals surface area contributed by atoms with Gasteiger partial charge in [0.05, 0.1) is 5.75 Å². The highest BCUT2D eigenvalue weighted by atomic mass is 35.5. The van der Waals surface area contributed by atoms with Gasteiger partial charge in [0.25, 0.3) is 0 Å². The molecule has 90 valence electrons. The number of halogens is 1. The van der Waals surface area contributed by atoms with Crippen LogP contribution in [0, 0.1) is 0 Å². The first-order valence-corrected chi connectivity index (χ1v) is 7.43. The van der Waals surface area contributed by atoms with Gasteiger partial charge in [-0.15, -0.1) is 11.6 Å². The van der Waals surface area contributed by atoms with E-state index in [1.54, 1.807) is 4.31 Å². The van der Waals surface area contributed by atoms with E-state index in [9.17, 15) is 8.42 Å². The third-order valence-corrected chi connectivity index (χ3v) is 5.11. The molecule has 1 fully saturated rings. The quantitative estimate of drug-likeness (QED) is 0.690. The van der Waals surface area contributed by atoms with Gasteiger partial charge in [-0.2, -0.15) is 4.31 Å². The van der Waals surface area contributed by atoms with Crippen molar-refractivity contribution < 1.29 is 8.42 Å². The first-order chi connectivity index (χ1) is 7.01. The molecule has 1 unspecified atom stereocenters. The van der Waals surface area contributed by atoms with Crippen LogP contribution in [0.25, 0.3) is 0 Å². The van der Waals surface area contributed by atoms with Crippen LogP contribution in [-0.4, -0.2) is 61.5 Å². The third kappa shape index (κ3) is 3.31. The van der Waals surface area contributed by atoms with E-state index in [2.05, 4.69) is 18.7 Å². The lowest BCUT2D eigenvalue weighted by Crippen LogP contribution is -2.53. The van der Waals surface area contributed by atoms with Crippen LogP contribution in [-0.2, 0) is 10.0 Å². The minimum absolute atomic E-state index is 0.0490. The molecule has 0 spiro atoms. The van der Waals surface area contributed by atoms with E-state index in [0.29, 0.717) is 19.1 Å². The standard InChI is InChI=1S/C9H19ClN2O2S/c1-3-11-5-6-12(8-9(11)2)15(13,14)7-4-10/h9H,3-8H2,1-2H3. The number of hydrogen-bond donors (Lipinski definition) is 0. The largest absolute Gasteiger partial charge is 0.298 e. The summed E-state index contributed by atoms with van der Waals surface area (Å²) in [4.78, 5) is 2.28. The molecule has 6 heteroatoms. The van der Waals surface area contributed by atoms with Gasteiger partial charge in [-0.3, -0.25) is 4.90 Å². The molecule has 0 amide bonds. The predicted molar refractivity (Wildman–Crippen MR) is 62.8 cm³/mol. The molecule has 1 heterocycles. The molecule has 1 saturated heterocycles. The Morgan fingerprint density at radius 1 is 1.40 bits per heavy atom. The Hall–Kier alpha value is 0.160. The van der Waals surface area contributed by atoms with Crippen LogP contribution < -0.4 is 0 Å². The Labute approximate surface area is 97.2 Å². The zero-order chi connectivity index (χ0) is 11.5. The summed E-state index contributed by atoms with van der Waals surface area (Å²) < 4.78 is 25.1. The van der Waals surface area contributed by atoms with E-state index in [-0.39, 0.29) is 11.6 Å². The van der Waals surface area contributed by atoms with E-state index >= 15 is 0 Å². The molecule has 1 rings (SSSR count). The van der Waals surface area contributed by atoms with Crippen molar-refractivity contribution in [2.24, 2.45) is 0 Å². The Balaban J connectivity index is 2.61. The van der Waals surface area contributed by atoms with Crippen molar-refractivity contribution in [1.82, 2.24) is 9.21 Å². The van der Waals surface area contributed by atoms with Crippen LogP contribution in [0.5, 0.6) is 0 Å². The maximum absolute atomic E-state index is 11.7. The lowest BCUT2D eigenvalue weighted by atomic mass is 10.2. The van der Waals surface area contributed by atoms with Gasteiger partial charge in [0, 0.05) is 31.6 Å². The average molecular weight is 255 g/mol. The predicted octanol–water partition coefficient (Wildman–Crippen LogP) is 0.581. The minimum atomic E-state index is -3.12. The van der Waals surface area contributed by atoms with Crippen LogP contribution in [0.1, 0.15) is 13.8 Å². The Kier molecular flexibility index (Phi) is 4.83. The van der Waals surface area contributed by atoms with E-state index in [1.807, 2.05) is 0 Å². The maximum Gasteiger partial charge on any atom is 0.215 e. The third-order valence-electron chi connectivity index (χ3n) is 2.86. The minimum Gasteiger partial charge on any atom is -0.298 e. The molecule has 0 saturated carbocycles. The summed E-state index contributed by atoms with van der Waals surface area (Å²) in [5.74, 6) is 0.220.